The number of hydrogen-bond donors (Lipinski definition) is 1. The normalized spacial score (nSPS) is 12.2. The molecule has 0 radical (unpaired) electrons. The van der Waals surface area contributed by atoms with E-state index in [9.17, 15) is 9.59 Å². The van der Waals surface area contributed by atoms with E-state index < -0.39 is 6.04 Å². The Morgan fingerprint density at radius 1 is 1.03 bits per heavy atom. The van der Waals surface area contributed by atoms with Gasteiger partial charge >= 0.3 is 0 Å². The number of carbonyl (C=O) groups is 2. The van der Waals surface area contributed by atoms with Crippen LogP contribution in [0.3, 0.4) is 0 Å². The quantitative estimate of drug-likeness (QED) is 0.714. The highest BCUT2D eigenvalue weighted by Gasteiger charge is 2.28. The van der Waals surface area contributed by atoms with Crippen LogP contribution in [0.5, 0.6) is 5.75 Å². The summed E-state index contributed by atoms with van der Waals surface area (Å²) in [5, 5.41) is 2.97. The van der Waals surface area contributed by atoms with Crippen molar-refractivity contribution in [1.29, 1.82) is 0 Å². The Kier molecular flexibility index (Phi) is 8.04. The molecule has 0 aromatic heterocycles. The fourth-order valence-corrected chi connectivity index (χ4v) is 3.15. The van der Waals surface area contributed by atoms with Crippen molar-refractivity contribution in [3.63, 3.8) is 0 Å². The van der Waals surface area contributed by atoms with Crippen LogP contribution in [-0.4, -0.2) is 41.4 Å². The molecule has 5 nitrogen and oxygen atoms in total. The van der Waals surface area contributed by atoms with Gasteiger partial charge in [0.05, 0.1) is 0 Å². The van der Waals surface area contributed by atoms with Gasteiger partial charge in [-0.15, -0.1) is 0 Å². The van der Waals surface area contributed by atoms with Crippen LogP contribution in [0.4, 0.5) is 0 Å². The number of nitrogens with zero attached hydrogens (tertiary/aromatic N) is 1. The lowest BCUT2D eigenvalue weighted by molar-refractivity contribution is -0.142. The number of ether oxygens (including phenoxy) is 1. The van der Waals surface area contributed by atoms with E-state index in [1.807, 2.05) is 83.1 Å². The minimum absolute atomic E-state index is 0.105. The van der Waals surface area contributed by atoms with Crippen LogP contribution in [0.1, 0.15) is 44.4 Å². The van der Waals surface area contributed by atoms with E-state index in [0.29, 0.717) is 18.7 Å². The first-order valence-corrected chi connectivity index (χ1v) is 10.4. The molecule has 30 heavy (non-hydrogen) atoms. The van der Waals surface area contributed by atoms with Crippen LogP contribution in [-0.2, 0) is 16.0 Å². The maximum Gasteiger partial charge on any atom is 0.261 e. The van der Waals surface area contributed by atoms with Crippen molar-refractivity contribution in [2.45, 2.75) is 59.5 Å². The second-order valence-corrected chi connectivity index (χ2v) is 8.72. The molecule has 0 saturated heterocycles. The first-order valence-electron chi connectivity index (χ1n) is 10.4. The van der Waals surface area contributed by atoms with Gasteiger partial charge in [-0.05, 0) is 70.7 Å². The van der Waals surface area contributed by atoms with E-state index in [-0.39, 0.29) is 24.0 Å². The molecule has 5 heteroatoms. The van der Waals surface area contributed by atoms with Gasteiger partial charge in [0, 0.05) is 12.1 Å². The predicted molar refractivity (Wildman–Crippen MR) is 121 cm³/mol. The lowest BCUT2D eigenvalue weighted by Gasteiger charge is -2.31. The molecular formula is C25H34N2O3. The van der Waals surface area contributed by atoms with Gasteiger partial charge in [-0.1, -0.05) is 42.5 Å². The van der Waals surface area contributed by atoms with Crippen molar-refractivity contribution >= 4 is 11.8 Å². The number of benzene rings is 2. The average molecular weight is 411 g/mol. The summed E-state index contributed by atoms with van der Waals surface area (Å²) in [4.78, 5) is 27.4. The van der Waals surface area contributed by atoms with E-state index in [2.05, 4.69) is 5.32 Å². The fourth-order valence-electron chi connectivity index (χ4n) is 3.15. The average Bonchev–Trinajstić information content (AvgIpc) is 2.68. The highest BCUT2D eigenvalue weighted by Crippen LogP contribution is 2.20. The minimum Gasteiger partial charge on any atom is -0.483 e. The summed E-state index contributed by atoms with van der Waals surface area (Å²) in [5.74, 6) is 0.317. The molecule has 1 N–H and O–H groups in total. The second-order valence-electron chi connectivity index (χ2n) is 8.72. The van der Waals surface area contributed by atoms with Crippen LogP contribution in [0, 0.1) is 13.8 Å². The molecule has 0 aliphatic rings. The molecule has 2 aromatic carbocycles. The summed E-state index contributed by atoms with van der Waals surface area (Å²) in [6.07, 6.45) is 0.670. The molecule has 2 aromatic rings. The number of aryl methyl sites for hydroxylation is 1. The molecule has 0 aliphatic heterocycles. The molecule has 0 heterocycles. The molecule has 0 spiro atoms. The molecule has 1 atom stereocenters. The predicted octanol–water partition coefficient (Wildman–Crippen LogP) is 4.06. The third kappa shape index (κ3) is 6.90. The Hall–Kier alpha value is -2.82. The highest BCUT2D eigenvalue weighted by atomic mass is 16.5. The van der Waals surface area contributed by atoms with Crippen LogP contribution in [0.25, 0.3) is 0 Å². The van der Waals surface area contributed by atoms with Crippen molar-refractivity contribution in [1.82, 2.24) is 10.2 Å². The van der Waals surface area contributed by atoms with E-state index in [1.54, 1.807) is 11.8 Å². The molecule has 1 unspecified atom stereocenters. The third-order valence-electron chi connectivity index (χ3n) is 5.06. The van der Waals surface area contributed by atoms with Crippen molar-refractivity contribution in [3.05, 3.63) is 65.2 Å². The summed E-state index contributed by atoms with van der Waals surface area (Å²) in [6.45, 7) is 11.9. The van der Waals surface area contributed by atoms with Gasteiger partial charge in [-0.2, -0.15) is 0 Å². The standard InChI is InChI=1S/C25H34N2O3/c1-18-11-10-14-22(19(18)2)30-17-23(28)27(16-15-21-12-8-7-9-13-21)20(3)24(29)26-25(4,5)6/h7-14,20H,15-17H2,1-6H3,(H,26,29). The molecule has 2 amide bonds. The van der Waals surface area contributed by atoms with Gasteiger partial charge < -0.3 is 15.0 Å². The molecule has 0 fully saturated rings. The maximum atomic E-state index is 13.1. The fraction of sp³-hybridized carbons (Fsp3) is 0.440. The topological polar surface area (TPSA) is 58.6 Å². The van der Waals surface area contributed by atoms with Gasteiger partial charge in [-0.3, -0.25) is 9.59 Å². The first kappa shape index (κ1) is 23.5. The number of carbonyl (C=O) groups excluding carboxylic acids is 2. The molecule has 0 bridgehead atoms. The van der Waals surface area contributed by atoms with Crippen LogP contribution < -0.4 is 10.1 Å². The smallest absolute Gasteiger partial charge is 0.261 e. The van der Waals surface area contributed by atoms with Gasteiger partial charge in [-0.25, -0.2) is 0 Å². The van der Waals surface area contributed by atoms with Crippen LogP contribution in [0.2, 0.25) is 0 Å². The molecule has 0 aliphatic carbocycles. The third-order valence-corrected chi connectivity index (χ3v) is 5.06. The van der Waals surface area contributed by atoms with E-state index >= 15 is 0 Å². The largest absolute Gasteiger partial charge is 0.483 e. The van der Waals surface area contributed by atoms with Crippen molar-refractivity contribution in [2.75, 3.05) is 13.2 Å². The van der Waals surface area contributed by atoms with Crippen molar-refractivity contribution in [2.24, 2.45) is 0 Å². The Balaban J connectivity index is 2.12. The van der Waals surface area contributed by atoms with Gasteiger partial charge in [0.2, 0.25) is 5.91 Å². The summed E-state index contributed by atoms with van der Waals surface area (Å²) < 4.78 is 5.82. The van der Waals surface area contributed by atoms with Crippen molar-refractivity contribution in [3.8, 4) is 5.75 Å². The Bertz CT molecular complexity index is 856. The Morgan fingerprint density at radius 3 is 2.33 bits per heavy atom. The molecular weight excluding hydrogens is 376 g/mol. The lowest BCUT2D eigenvalue weighted by Crippen LogP contribution is -2.53. The zero-order valence-electron chi connectivity index (χ0n) is 19.0. The van der Waals surface area contributed by atoms with Gasteiger partial charge in [0.15, 0.2) is 6.61 Å². The Morgan fingerprint density at radius 2 is 1.70 bits per heavy atom. The van der Waals surface area contributed by atoms with Crippen molar-refractivity contribution < 1.29 is 14.3 Å². The SMILES string of the molecule is Cc1cccc(OCC(=O)N(CCc2ccccc2)C(C)C(=O)NC(C)(C)C)c1C. The molecule has 2 rings (SSSR count). The van der Waals surface area contributed by atoms with Crippen LogP contribution in [0.15, 0.2) is 48.5 Å². The maximum absolute atomic E-state index is 13.1. The lowest BCUT2D eigenvalue weighted by atomic mass is 10.1. The zero-order valence-corrected chi connectivity index (χ0v) is 19.0. The minimum atomic E-state index is -0.595. The summed E-state index contributed by atoms with van der Waals surface area (Å²) in [6, 6.07) is 15.1. The number of amides is 2. The summed E-state index contributed by atoms with van der Waals surface area (Å²) in [5.41, 5.74) is 2.88. The highest BCUT2D eigenvalue weighted by molar-refractivity contribution is 5.88. The monoisotopic (exact) mass is 410 g/mol. The van der Waals surface area contributed by atoms with E-state index in [1.165, 1.54) is 0 Å². The van der Waals surface area contributed by atoms with E-state index in [4.69, 9.17) is 4.74 Å². The number of hydrogen-bond acceptors (Lipinski definition) is 3. The summed E-state index contributed by atoms with van der Waals surface area (Å²) >= 11 is 0. The van der Waals surface area contributed by atoms with Crippen LogP contribution >= 0.6 is 0 Å². The summed E-state index contributed by atoms with van der Waals surface area (Å²) in [7, 11) is 0. The first-order chi connectivity index (χ1) is 14.1. The zero-order chi connectivity index (χ0) is 22.3. The van der Waals surface area contributed by atoms with Gasteiger partial charge in [0.25, 0.3) is 5.91 Å². The number of rotatable bonds is 8. The Labute approximate surface area is 180 Å². The second kappa shape index (κ2) is 10.3. The molecule has 0 saturated carbocycles. The number of nitrogens with one attached hydrogen (secondary N) is 1. The van der Waals surface area contributed by atoms with E-state index in [0.717, 1.165) is 16.7 Å². The van der Waals surface area contributed by atoms with Gasteiger partial charge in [0.1, 0.15) is 11.8 Å². The molecule has 162 valence electrons.